The third-order valence-electron chi connectivity index (χ3n) is 1.89. The van der Waals surface area contributed by atoms with E-state index in [0.717, 1.165) is 0 Å². The van der Waals surface area contributed by atoms with Crippen molar-refractivity contribution in [1.82, 2.24) is 16.0 Å². The fourth-order valence-corrected chi connectivity index (χ4v) is 1.51. The summed E-state index contributed by atoms with van der Waals surface area (Å²) in [7, 11) is 1.54. The van der Waals surface area contributed by atoms with Gasteiger partial charge < -0.3 is 16.0 Å². The van der Waals surface area contributed by atoms with Crippen molar-refractivity contribution in [3.63, 3.8) is 0 Å². The molecule has 0 fully saturated rings. The van der Waals surface area contributed by atoms with E-state index in [1.807, 2.05) is 0 Å². The molecular weight excluding hydrogens is 246 g/mol. The molecule has 0 aliphatic rings. The van der Waals surface area contributed by atoms with Crippen LogP contribution < -0.4 is 16.0 Å². The lowest BCUT2D eigenvalue weighted by molar-refractivity contribution is -0.128. The quantitative estimate of drug-likeness (QED) is 0.290. The number of thiol groups is 2. The SMILES string of the molecule is CNC(=O)[C@H](CCS)NC(=O)CNCCS. The van der Waals surface area contributed by atoms with E-state index in [1.165, 1.54) is 0 Å². The molecule has 3 N–H and O–H groups in total. The fraction of sp³-hybridized carbons (Fsp3) is 0.778. The van der Waals surface area contributed by atoms with Crippen molar-refractivity contribution in [2.45, 2.75) is 12.5 Å². The molecule has 0 aromatic carbocycles. The molecule has 5 nitrogen and oxygen atoms in total. The van der Waals surface area contributed by atoms with Crippen molar-refractivity contribution >= 4 is 37.1 Å². The summed E-state index contributed by atoms with van der Waals surface area (Å²) in [5.74, 6) is 0.819. The first-order valence-electron chi connectivity index (χ1n) is 5.09. The Morgan fingerprint density at radius 3 is 2.44 bits per heavy atom. The number of hydrogen-bond acceptors (Lipinski definition) is 5. The van der Waals surface area contributed by atoms with Gasteiger partial charge in [0.2, 0.25) is 11.8 Å². The Kier molecular flexibility index (Phi) is 9.55. The number of carbonyl (C=O) groups is 2. The van der Waals surface area contributed by atoms with Gasteiger partial charge in [0.25, 0.3) is 0 Å². The number of hydrogen-bond donors (Lipinski definition) is 5. The molecule has 0 aromatic heterocycles. The molecule has 0 aliphatic heterocycles. The Morgan fingerprint density at radius 1 is 1.25 bits per heavy atom. The van der Waals surface area contributed by atoms with Gasteiger partial charge in [-0.2, -0.15) is 25.3 Å². The second kappa shape index (κ2) is 9.80. The van der Waals surface area contributed by atoms with E-state index in [0.29, 0.717) is 24.5 Å². The van der Waals surface area contributed by atoms with Crippen LogP contribution in [0.3, 0.4) is 0 Å². The molecule has 0 saturated carbocycles. The molecular formula is C9H19N3O2S2. The summed E-state index contributed by atoms with van der Waals surface area (Å²) < 4.78 is 0. The zero-order chi connectivity index (χ0) is 12.4. The predicted molar refractivity (Wildman–Crippen MR) is 71.2 cm³/mol. The molecule has 0 radical (unpaired) electrons. The standard InChI is InChI=1S/C9H19N3O2S2/c1-10-9(14)7(2-4-15)12-8(13)6-11-3-5-16/h7,11,15-16H,2-6H2,1H3,(H,10,14)(H,12,13)/t7-/m0/s1. The van der Waals surface area contributed by atoms with Gasteiger partial charge in [-0.1, -0.05) is 0 Å². The maximum absolute atomic E-state index is 11.4. The van der Waals surface area contributed by atoms with Gasteiger partial charge in [0, 0.05) is 19.3 Å². The molecule has 0 saturated heterocycles. The summed E-state index contributed by atoms with van der Waals surface area (Å²) in [6.45, 7) is 0.856. The van der Waals surface area contributed by atoms with E-state index < -0.39 is 6.04 Å². The number of amides is 2. The summed E-state index contributed by atoms with van der Waals surface area (Å²) in [5, 5.41) is 8.04. The Balaban J connectivity index is 3.97. The lowest BCUT2D eigenvalue weighted by Crippen LogP contribution is -2.48. The predicted octanol–water partition coefficient (Wildman–Crippen LogP) is -0.943. The smallest absolute Gasteiger partial charge is 0.242 e. The van der Waals surface area contributed by atoms with Gasteiger partial charge in [0.1, 0.15) is 6.04 Å². The highest BCUT2D eigenvalue weighted by Crippen LogP contribution is 1.94. The van der Waals surface area contributed by atoms with Crippen molar-refractivity contribution in [1.29, 1.82) is 0 Å². The van der Waals surface area contributed by atoms with E-state index in [-0.39, 0.29) is 18.4 Å². The molecule has 94 valence electrons. The summed E-state index contributed by atoms with van der Waals surface area (Å²) in [6.07, 6.45) is 0.515. The van der Waals surface area contributed by atoms with Crippen molar-refractivity contribution in [2.75, 3.05) is 31.6 Å². The minimum Gasteiger partial charge on any atom is -0.357 e. The van der Waals surface area contributed by atoms with Crippen molar-refractivity contribution in [3.05, 3.63) is 0 Å². The lowest BCUT2D eigenvalue weighted by Gasteiger charge is -2.16. The molecule has 0 unspecified atom stereocenters. The molecule has 0 aliphatic carbocycles. The molecule has 0 heterocycles. The van der Waals surface area contributed by atoms with Gasteiger partial charge in [-0.05, 0) is 12.2 Å². The summed E-state index contributed by atoms with van der Waals surface area (Å²) >= 11 is 8.05. The second-order valence-corrected chi connectivity index (χ2v) is 4.04. The number of nitrogens with one attached hydrogen (secondary N) is 3. The maximum atomic E-state index is 11.4. The number of rotatable bonds is 8. The highest BCUT2D eigenvalue weighted by Gasteiger charge is 2.18. The van der Waals surface area contributed by atoms with Crippen molar-refractivity contribution in [3.8, 4) is 0 Å². The van der Waals surface area contributed by atoms with E-state index in [9.17, 15) is 9.59 Å². The van der Waals surface area contributed by atoms with E-state index >= 15 is 0 Å². The topological polar surface area (TPSA) is 70.2 Å². The van der Waals surface area contributed by atoms with Crippen molar-refractivity contribution < 1.29 is 9.59 Å². The number of likely N-dealkylation sites (N-methyl/N-ethyl adjacent to an activating group) is 1. The van der Waals surface area contributed by atoms with Crippen LogP contribution in [0.2, 0.25) is 0 Å². The molecule has 0 spiro atoms. The molecule has 0 aromatic rings. The van der Waals surface area contributed by atoms with Crippen LogP contribution in [0, 0.1) is 0 Å². The monoisotopic (exact) mass is 265 g/mol. The van der Waals surface area contributed by atoms with Gasteiger partial charge >= 0.3 is 0 Å². The summed E-state index contributed by atoms with van der Waals surface area (Å²) in [4.78, 5) is 22.8. The minimum absolute atomic E-state index is 0.195. The molecule has 16 heavy (non-hydrogen) atoms. The first-order chi connectivity index (χ1) is 7.65. The molecule has 0 rings (SSSR count). The second-order valence-electron chi connectivity index (χ2n) is 3.15. The average molecular weight is 265 g/mol. The normalized spacial score (nSPS) is 11.9. The van der Waals surface area contributed by atoms with Crippen LogP contribution in [0.5, 0.6) is 0 Å². The minimum atomic E-state index is -0.507. The van der Waals surface area contributed by atoms with Crippen LogP contribution in [0.1, 0.15) is 6.42 Å². The van der Waals surface area contributed by atoms with Crippen LogP contribution in [0.4, 0.5) is 0 Å². The number of carbonyl (C=O) groups excluding carboxylic acids is 2. The van der Waals surface area contributed by atoms with Crippen LogP contribution in [0.15, 0.2) is 0 Å². The van der Waals surface area contributed by atoms with Gasteiger partial charge in [0.05, 0.1) is 6.54 Å². The molecule has 2 amide bonds. The fourth-order valence-electron chi connectivity index (χ4n) is 1.10. The zero-order valence-corrected chi connectivity index (χ0v) is 11.1. The van der Waals surface area contributed by atoms with Crippen LogP contribution in [-0.2, 0) is 9.59 Å². The Morgan fingerprint density at radius 2 is 1.94 bits per heavy atom. The largest absolute Gasteiger partial charge is 0.357 e. The summed E-state index contributed by atoms with van der Waals surface area (Å²) in [6, 6.07) is -0.507. The lowest BCUT2D eigenvalue weighted by atomic mass is 10.2. The van der Waals surface area contributed by atoms with Crippen LogP contribution in [-0.4, -0.2) is 49.5 Å². The van der Waals surface area contributed by atoms with Crippen LogP contribution >= 0.6 is 25.3 Å². The van der Waals surface area contributed by atoms with Gasteiger partial charge in [0.15, 0.2) is 0 Å². The Bertz CT molecular complexity index is 227. The highest BCUT2D eigenvalue weighted by atomic mass is 32.1. The molecule has 7 heteroatoms. The first-order valence-corrected chi connectivity index (χ1v) is 6.35. The van der Waals surface area contributed by atoms with E-state index in [4.69, 9.17) is 0 Å². The van der Waals surface area contributed by atoms with Crippen LogP contribution in [0.25, 0.3) is 0 Å². The highest BCUT2D eigenvalue weighted by molar-refractivity contribution is 7.80. The van der Waals surface area contributed by atoms with Crippen molar-refractivity contribution in [2.24, 2.45) is 0 Å². The van der Waals surface area contributed by atoms with Gasteiger partial charge in [-0.3, -0.25) is 9.59 Å². The van der Waals surface area contributed by atoms with E-state index in [1.54, 1.807) is 7.05 Å². The van der Waals surface area contributed by atoms with Gasteiger partial charge in [-0.25, -0.2) is 0 Å². The average Bonchev–Trinajstić information content (AvgIpc) is 2.28. The Labute approximate surface area is 107 Å². The zero-order valence-electron chi connectivity index (χ0n) is 9.32. The third kappa shape index (κ3) is 6.97. The van der Waals surface area contributed by atoms with Gasteiger partial charge in [-0.15, -0.1) is 0 Å². The van der Waals surface area contributed by atoms with E-state index in [2.05, 4.69) is 41.2 Å². The first kappa shape index (κ1) is 15.6. The summed E-state index contributed by atoms with van der Waals surface area (Å²) in [5.41, 5.74) is 0. The molecule has 0 bridgehead atoms. The Hall–Kier alpha value is -0.400. The molecule has 1 atom stereocenters. The maximum Gasteiger partial charge on any atom is 0.242 e. The third-order valence-corrected chi connectivity index (χ3v) is 2.37.